The minimum absolute atomic E-state index is 0.0413. The molecule has 132 valence electrons. The molecule has 2 aromatic rings. The fourth-order valence-electron chi connectivity index (χ4n) is 2.21. The molecule has 0 spiro atoms. The zero-order valence-electron chi connectivity index (χ0n) is 14.4. The molecule has 0 radical (unpaired) electrons. The molecule has 6 heteroatoms. The van der Waals surface area contributed by atoms with Gasteiger partial charge in [-0.05, 0) is 42.8 Å². The first-order valence-corrected chi connectivity index (χ1v) is 7.74. The van der Waals surface area contributed by atoms with Gasteiger partial charge in [0.25, 0.3) is 0 Å². The first kappa shape index (κ1) is 18.3. The van der Waals surface area contributed by atoms with Gasteiger partial charge in [-0.3, -0.25) is 0 Å². The summed E-state index contributed by atoms with van der Waals surface area (Å²) >= 11 is 0. The highest BCUT2D eigenvalue weighted by molar-refractivity contribution is 5.90. The lowest BCUT2D eigenvalue weighted by Crippen LogP contribution is -2.07. The minimum atomic E-state index is -0.493. The zero-order valence-corrected chi connectivity index (χ0v) is 14.4. The molecule has 2 aromatic carbocycles. The Kier molecular flexibility index (Phi) is 6.39. The number of carbonyl (C=O) groups is 2. The van der Waals surface area contributed by atoms with Crippen LogP contribution in [0.5, 0.6) is 11.5 Å². The number of hydrogen-bond donors (Lipinski definition) is 0. The van der Waals surface area contributed by atoms with Gasteiger partial charge in [-0.25, -0.2) is 9.59 Å². The second-order valence-corrected chi connectivity index (χ2v) is 5.07. The van der Waals surface area contributed by atoms with Crippen molar-refractivity contribution in [1.82, 2.24) is 0 Å². The van der Waals surface area contributed by atoms with Gasteiger partial charge in [0.1, 0.15) is 6.61 Å². The third-order valence-electron chi connectivity index (χ3n) is 3.42. The standard InChI is InChI=1S/C19H20O6/c1-4-24-17-11-15(8-9-16(17)22-2)19(21)25-12-13-6-5-7-14(10-13)18(20)23-3/h5-11H,4,12H2,1-3H3. The summed E-state index contributed by atoms with van der Waals surface area (Å²) in [6, 6.07) is 11.6. The Bertz CT molecular complexity index is 753. The maximum Gasteiger partial charge on any atom is 0.338 e. The monoisotopic (exact) mass is 344 g/mol. The van der Waals surface area contributed by atoms with Crippen molar-refractivity contribution >= 4 is 11.9 Å². The van der Waals surface area contributed by atoms with Gasteiger partial charge in [-0.2, -0.15) is 0 Å². The SMILES string of the molecule is CCOc1cc(C(=O)OCc2cccc(C(=O)OC)c2)ccc1OC. The van der Waals surface area contributed by atoms with Gasteiger partial charge in [-0.15, -0.1) is 0 Å². The number of methoxy groups -OCH3 is 2. The summed E-state index contributed by atoms with van der Waals surface area (Å²) in [5.41, 5.74) is 1.45. The summed E-state index contributed by atoms with van der Waals surface area (Å²) in [6.07, 6.45) is 0. The van der Waals surface area contributed by atoms with Crippen LogP contribution < -0.4 is 9.47 Å². The molecule has 0 atom stereocenters. The fraction of sp³-hybridized carbons (Fsp3) is 0.263. The Hall–Kier alpha value is -3.02. The molecule has 0 N–H and O–H groups in total. The van der Waals surface area contributed by atoms with E-state index in [4.69, 9.17) is 14.2 Å². The smallest absolute Gasteiger partial charge is 0.338 e. The average molecular weight is 344 g/mol. The number of esters is 2. The van der Waals surface area contributed by atoms with Crippen LogP contribution in [-0.2, 0) is 16.1 Å². The number of ether oxygens (including phenoxy) is 4. The quantitative estimate of drug-likeness (QED) is 0.718. The van der Waals surface area contributed by atoms with Crippen molar-refractivity contribution in [3.63, 3.8) is 0 Å². The molecule has 0 saturated carbocycles. The predicted octanol–water partition coefficient (Wildman–Crippen LogP) is 3.24. The molecular weight excluding hydrogens is 324 g/mol. The molecular formula is C19H20O6. The highest BCUT2D eigenvalue weighted by Gasteiger charge is 2.13. The van der Waals surface area contributed by atoms with E-state index in [1.165, 1.54) is 14.2 Å². The lowest BCUT2D eigenvalue weighted by atomic mass is 10.1. The van der Waals surface area contributed by atoms with Gasteiger partial charge in [0.2, 0.25) is 0 Å². The highest BCUT2D eigenvalue weighted by atomic mass is 16.5. The van der Waals surface area contributed by atoms with E-state index in [9.17, 15) is 9.59 Å². The van der Waals surface area contributed by atoms with Gasteiger partial charge >= 0.3 is 11.9 Å². The molecule has 6 nitrogen and oxygen atoms in total. The Morgan fingerprint density at radius 2 is 1.68 bits per heavy atom. The molecule has 25 heavy (non-hydrogen) atoms. The number of carbonyl (C=O) groups excluding carboxylic acids is 2. The van der Waals surface area contributed by atoms with Gasteiger partial charge in [-0.1, -0.05) is 12.1 Å². The molecule has 0 aliphatic carbocycles. The topological polar surface area (TPSA) is 71.1 Å². The van der Waals surface area contributed by atoms with Crippen LogP contribution in [-0.4, -0.2) is 32.8 Å². The summed E-state index contributed by atoms with van der Waals surface area (Å²) in [7, 11) is 2.85. The van der Waals surface area contributed by atoms with Crippen molar-refractivity contribution in [2.75, 3.05) is 20.8 Å². The van der Waals surface area contributed by atoms with E-state index in [0.717, 1.165) is 0 Å². The molecule has 0 bridgehead atoms. The van der Waals surface area contributed by atoms with Gasteiger partial charge in [0.05, 0.1) is 32.0 Å². The van der Waals surface area contributed by atoms with Crippen LogP contribution in [0.3, 0.4) is 0 Å². The van der Waals surface area contributed by atoms with E-state index in [1.807, 2.05) is 6.92 Å². The van der Waals surface area contributed by atoms with Gasteiger partial charge in [0, 0.05) is 0 Å². The Morgan fingerprint density at radius 1 is 0.920 bits per heavy atom. The van der Waals surface area contributed by atoms with Crippen LogP contribution in [0.4, 0.5) is 0 Å². The highest BCUT2D eigenvalue weighted by Crippen LogP contribution is 2.28. The zero-order chi connectivity index (χ0) is 18.2. The third kappa shape index (κ3) is 4.73. The Labute approximate surface area is 146 Å². The van der Waals surface area contributed by atoms with Crippen molar-refractivity contribution in [2.45, 2.75) is 13.5 Å². The maximum absolute atomic E-state index is 12.2. The summed E-state index contributed by atoms with van der Waals surface area (Å²) in [4.78, 5) is 23.8. The predicted molar refractivity (Wildman–Crippen MR) is 91.1 cm³/mol. The minimum Gasteiger partial charge on any atom is -0.493 e. The van der Waals surface area contributed by atoms with Crippen molar-refractivity contribution < 1.29 is 28.5 Å². The van der Waals surface area contributed by atoms with E-state index in [2.05, 4.69) is 4.74 Å². The number of benzene rings is 2. The molecule has 0 fully saturated rings. The summed E-state index contributed by atoms with van der Waals surface area (Å²) in [5, 5.41) is 0. The lowest BCUT2D eigenvalue weighted by Gasteiger charge is -2.11. The van der Waals surface area contributed by atoms with Crippen LogP contribution in [0, 0.1) is 0 Å². The van der Waals surface area contributed by atoms with E-state index in [1.54, 1.807) is 42.5 Å². The number of rotatable bonds is 7. The maximum atomic E-state index is 12.2. The third-order valence-corrected chi connectivity index (χ3v) is 3.42. The number of hydrogen-bond acceptors (Lipinski definition) is 6. The molecule has 0 aliphatic rings. The largest absolute Gasteiger partial charge is 0.493 e. The summed E-state index contributed by atoms with van der Waals surface area (Å²) in [6.45, 7) is 2.34. The van der Waals surface area contributed by atoms with Crippen LogP contribution in [0.1, 0.15) is 33.2 Å². The van der Waals surface area contributed by atoms with Crippen molar-refractivity contribution in [3.05, 3.63) is 59.2 Å². The van der Waals surface area contributed by atoms with Crippen LogP contribution >= 0.6 is 0 Å². The fourth-order valence-corrected chi connectivity index (χ4v) is 2.21. The van der Waals surface area contributed by atoms with E-state index in [-0.39, 0.29) is 6.61 Å². The van der Waals surface area contributed by atoms with Gasteiger partial charge < -0.3 is 18.9 Å². The van der Waals surface area contributed by atoms with E-state index >= 15 is 0 Å². The van der Waals surface area contributed by atoms with E-state index in [0.29, 0.717) is 34.8 Å². The normalized spacial score (nSPS) is 10.0. The first-order valence-electron chi connectivity index (χ1n) is 7.74. The Morgan fingerprint density at radius 3 is 2.36 bits per heavy atom. The van der Waals surface area contributed by atoms with Gasteiger partial charge in [0.15, 0.2) is 11.5 Å². The van der Waals surface area contributed by atoms with Crippen LogP contribution in [0.15, 0.2) is 42.5 Å². The Balaban J connectivity index is 2.07. The molecule has 0 amide bonds. The molecule has 0 aromatic heterocycles. The second-order valence-electron chi connectivity index (χ2n) is 5.07. The van der Waals surface area contributed by atoms with Crippen molar-refractivity contribution in [3.8, 4) is 11.5 Å². The molecule has 0 heterocycles. The molecule has 0 unspecified atom stereocenters. The average Bonchev–Trinajstić information content (AvgIpc) is 2.65. The molecule has 2 rings (SSSR count). The second kappa shape index (κ2) is 8.73. The first-order chi connectivity index (χ1) is 12.1. The van der Waals surface area contributed by atoms with E-state index < -0.39 is 11.9 Å². The summed E-state index contributed by atoms with van der Waals surface area (Å²) < 4.78 is 20.6. The van der Waals surface area contributed by atoms with Crippen molar-refractivity contribution in [1.29, 1.82) is 0 Å². The van der Waals surface area contributed by atoms with Crippen LogP contribution in [0.25, 0.3) is 0 Å². The lowest BCUT2D eigenvalue weighted by molar-refractivity contribution is 0.0472. The molecule has 0 saturated heterocycles. The summed E-state index contributed by atoms with van der Waals surface area (Å²) in [5.74, 6) is 0.0908. The van der Waals surface area contributed by atoms with Crippen LogP contribution in [0.2, 0.25) is 0 Å². The molecule has 0 aliphatic heterocycles. The van der Waals surface area contributed by atoms with Crippen molar-refractivity contribution in [2.24, 2.45) is 0 Å².